The SMILES string of the molecule is O=C(CCCc1nn[nH]n1)N1CCC(C2CCCCO2)CC1. The maximum Gasteiger partial charge on any atom is 0.222 e. The highest BCUT2D eigenvalue weighted by Crippen LogP contribution is 2.28. The first-order chi connectivity index (χ1) is 10.8. The van der Waals surface area contributed by atoms with Crippen molar-refractivity contribution in [2.24, 2.45) is 5.92 Å². The third-order valence-corrected chi connectivity index (χ3v) is 4.81. The highest BCUT2D eigenvalue weighted by atomic mass is 16.5. The number of rotatable bonds is 5. The largest absolute Gasteiger partial charge is 0.378 e. The van der Waals surface area contributed by atoms with E-state index in [1.165, 1.54) is 19.3 Å². The van der Waals surface area contributed by atoms with Crippen LogP contribution >= 0.6 is 0 Å². The Morgan fingerprint density at radius 3 is 2.82 bits per heavy atom. The number of H-pyrrole nitrogens is 1. The molecule has 3 heterocycles. The maximum atomic E-state index is 12.2. The Morgan fingerprint density at radius 1 is 1.27 bits per heavy atom. The molecule has 1 N–H and O–H groups in total. The summed E-state index contributed by atoms with van der Waals surface area (Å²) in [6, 6.07) is 0. The van der Waals surface area contributed by atoms with Gasteiger partial charge in [0.05, 0.1) is 6.10 Å². The molecule has 122 valence electrons. The average Bonchev–Trinajstić information content (AvgIpc) is 3.09. The predicted molar refractivity (Wildman–Crippen MR) is 80.0 cm³/mol. The predicted octanol–water partition coefficient (Wildman–Crippen LogP) is 1.33. The number of amides is 1. The van der Waals surface area contributed by atoms with E-state index in [0.29, 0.717) is 30.7 Å². The van der Waals surface area contributed by atoms with Gasteiger partial charge in [-0.05, 0) is 44.4 Å². The van der Waals surface area contributed by atoms with Crippen molar-refractivity contribution in [3.63, 3.8) is 0 Å². The second kappa shape index (κ2) is 7.67. The van der Waals surface area contributed by atoms with Crippen LogP contribution in [-0.2, 0) is 16.0 Å². The lowest BCUT2D eigenvalue weighted by molar-refractivity contribution is -0.134. The first kappa shape index (κ1) is 15.4. The Morgan fingerprint density at radius 2 is 2.14 bits per heavy atom. The lowest BCUT2D eigenvalue weighted by Gasteiger charge is -2.37. The van der Waals surface area contributed by atoms with E-state index in [2.05, 4.69) is 20.6 Å². The molecule has 1 unspecified atom stereocenters. The van der Waals surface area contributed by atoms with Crippen molar-refractivity contribution < 1.29 is 9.53 Å². The van der Waals surface area contributed by atoms with Gasteiger partial charge in [-0.3, -0.25) is 4.79 Å². The summed E-state index contributed by atoms with van der Waals surface area (Å²) in [6.45, 7) is 2.68. The van der Waals surface area contributed by atoms with Crippen molar-refractivity contribution in [3.05, 3.63) is 5.82 Å². The number of piperidine rings is 1. The molecule has 2 aliphatic heterocycles. The van der Waals surface area contributed by atoms with E-state index in [9.17, 15) is 4.79 Å². The number of aryl methyl sites for hydroxylation is 1. The van der Waals surface area contributed by atoms with Crippen molar-refractivity contribution in [2.75, 3.05) is 19.7 Å². The molecular weight excluding hydrogens is 282 g/mol. The molecule has 0 saturated carbocycles. The van der Waals surface area contributed by atoms with Crippen LogP contribution in [0.25, 0.3) is 0 Å². The summed E-state index contributed by atoms with van der Waals surface area (Å²) in [7, 11) is 0. The quantitative estimate of drug-likeness (QED) is 0.887. The lowest BCUT2D eigenvalue weighted by atomic mass is 9.87. The van der Waals surface area contributed by atoms with Crippen LogP contribution in [-0.4, -0.2) is 57.2 Å². The highest BCUT2D eigenvalue weighted by molar-refractivity contribution is 5.76. The zero-order valence-corrected chi connectivity index (χ0v) is 13.0. The Balaban J connectivity index is 1.36. The van der Waals surface area contributed by atoms with Crippen molar-refractivity contribution in [1.29, 1.82) is 0 Å². The van der Waals surface area contributed by atoms with Gasteiger partial charge in [-0.15, -0.1) is 10.2 Å². The van der Waals surface area contributed by atoms with Crippen molar-refractivity contribution in [1.82, 2.24) is 25.5 Å². The minimum absolute atomic E-state index is 0.256. The third kappa shape index (κ3) is 4.03. The highest BCUT2D eigenvalue weighted by Gasteiger charge is 2.29. The van der Waals surface area contributed by atoms with Crippen LogP contribution in [0.2, 0.25) is 0 Å². The van der Waals surface area contributed by atoms with Gasteiger partial charge in [0.15, 0.2) is 5.82 Å². The Labute approximate surface area is 130 Å². The van der Waals surface area contributed by atoms with Gasteiger partial charge in [-0.2, -0.15) is 5.21 Å². The van der Waals surface area contributed by atoms with E-state index in [1.54, 1.807) is 0 Å². The number of hydrogen-bond acceptors (Lipinski definition) is 5. The second-order valence-corrected chi connectivity index (χ2v) is 6.30. The number of nitrogens with zero attached hydrogens (tertiary/aromatic N) is 4. The third-order valence-electron chi connectivity index (χ3n) is 4.81. The summed E-state index contributed by atoms with van der Waals surface area (Å²) in [4.78, 5) is 14.2. The molecule has 2 saturated heterocycles. The topological polar surface area (TPSA) is 84.0 Å². The molecule has 2 fully saturated rings. The molecule has 2 aliphatic rings. The number of nitrogens with one attached hydrogen (secondary N) is 1. The molecular formula is C15H25N5O2. The van der Waals surface area contributed by atoms with Crippen LogP contribution in [0.4, 0.5) is 0 Å². The summed E-state index contributed by atoms with van der Waals surface area (Å²) in [5, 5.41) is 13.8. The molecule has 0 aliphatic carbocycles. The summed E-state index contributed by atoms with van der Waals surface area (Å²) in [5.41, 5.74) is 0. The molecule has 1 aromatic rings. The lowest BCUT2D eigenvalue weighted by Crippen LogP contribution is -2.42. The van der Waals surface area contributed by atoms with Crippen LogP contribution in [0, 0.1) is 5.92 Å². The first-order valence-corrected chi connectivity index (χ1v) is 8.44. The van der Waals surface area contributed by atoms with E-state index >= 15 is 0 Å². The first-order valence-electron chi connectivity index (χ1n) is 8.44. The molecule has 7 heteroatoms. The molecule has 0 spiro atoms. The van der Waals surface area contributed by atoms with E-state index in [0.717, 1.165) is 39.0 Å². The van der Waals surface area contributed by atoms with Crippen molar-refractivity contribution in [2.45, 2.75) is 57.5 Å². The van der Waals surface area contributed by atoms with E-state index < -0.39 is 0 Å². The van der Waals surface area contributed by atoms with Crippen molar-refractivity contribution in [3.8, 4) is 0 Å². The van der Waals surface area contributed by atoms with Crippen LogP contribution in [0.5, 0.6) is 0 Å². The van der Waals surface area contributed by atoms with Gasteiger partial charge in [0.1, 0.15) is 0 Å². The van der Waals surface area contributed by atoms with Gasteiger partial charge < -0.3 is 9.64 Å². The van der Waals surface area contributed by atoms with Crippen molar-refractivity contribution >= 4 is 5.91 Å². The molecule has 22 heavy (non-hydrogen) atoms. The standard InChI is InChI=1S/C15H25N5O2/c21-15(6-3-5-14-16-18-19-17-14)20-9-7-12(8-10-20)13-4-1-2-11-22-13/h12-13H,1-11H2,(H,16,17,18,19). The van der Waals surface area contributed by atoms with Gasteiger partial charge in [-0.25, -0.2) is 0 Å². The zero-order valence-electron chi connectivity index (χ0n) is 13.0. The Kier molecular flexibility index (Phi) is 5.37. The smallest absolute Gasteiger partial charge is 0.222 e. The number of aromatic nitrogens is 4. The second-order valence-electron chi connectivity index (χ2n) is 6.30. The zero-order chi connectivity index (χ0) is 15.2. The molecule has 1 amide bonds. The normalized spacial score (nSPS) is 23.6. The minimum Gasteiger partial charge on any atom is -0.378 e. The molecule has 0 aromatic carbocycles. The van der Waals surface area contributed by atoms with Gasteiger partial charge >= 0.3 is 0 Å². The summed E-state index contributed by atoms with van der Waals surface area (Å²) >= 11 is 0. The molecule has 0 radical (unpaired) electrons. The maximum absolute atomic E-state index is 12.2. The van der Waals surface area contributed by atoms with E-state index in [-0.39, 0.29) is 5.91 Å². The van der Waals surface area contributed by atoms with Gasteiger partial charge in [0.25, 0.3) is 0 Å². The molecule has 3 rings (SSSR count). The number of hydrogen-bond donors (Lipinski definition) is 1. The fraction of sp³-hybridized carbons (Fsp3) is 0.867. The van der Waals surface area contributed by atoms with E-state index in [1.807, 2.05) is 4.90 Å². The fourth-order valence-corrected chi connectivity index (χ4v) is 3.50. The molecule has 1 atom stereocenters. The molecule has 1 aromatic heterocycles. The average molecular weight is 307 g/mol. The van der Waals surface area contributed by atoms with Crippen LogP contribution in [0.3, 0.4) is 0 Å². The van der Waals surface area contributed by atoms with Crippen LogP contribution in [0.15, 0.2) is 0 Å². The number of ether oxygens (including phenoxy) is 1. The van der Waals surface area contributed by atoms with Gasteiger partial charge in [0.2, 0.25) is 5.91 Å². The summed E-state index contributed by atoms with van der Waals surface area (Å²) in [6.07, 6.45) is 8.35. The van der Waals surface area contributed by atoms with Gasteiger partial charge in [-0.1, -0.05) is 5.21 Å². The van der Waals surface area contributed by atoms with Gasteiger partial charge in [0, 0.05) is 32.5 Å². The number of tetrazole rings is 1. The Hall–Kier alpha value is -1.50. The van der Waals surface area contributed by atoms with Crippen LogP contribution in [0.1, 0.15) is 50.8 Å². The monoisotopic (exact) mass is 307 g/mol. The summed E-state index contributed by atoms with van der Waals surface area (Å²) in [5.74, 6) is 1.58. The summed E-state index contributed by atoms with van der Waals surface area (Å²) < 4.78 is 5.89. The number of aromatic amines is 1. The molecule has 0 bridgehead atoms. The number of carbonyl (C=O) groups excluding carboxylic acids is 1. The van der Waals surface area contributed by atoms with Crippen LogP contribution < -0.4 is 0 Å². The Bertz CT molecular complexity index is 451. The fourth-order valence-electron chi connectivity index (χ4n) is 3.50. The number of likely N-dealkylation sites (tertiary alicyclic amines) is 1. The van der Waals surface area contributed by atoms with E-state index in [4.69, 9.17) is 4.74 Å². The minimum atomic E-state index is 0.256. The number of carbonyl (C=O) groups is 1. The molecule has 7 nitrogen and oxygen atoms in total.